The first-order chi connectivity index (χ1) is 11.0. The lowest BCUT2D eigenvalue weighted by atomic mass is 10.2. The van der Waals surface area contributed by atoms with Gasteiger partial charge in [0.25, 0.3) is 5.91 Å². The standard InChI is InChI=1S/C15H14ClN5O2/c1-8-4-5-11(7-12(8)16)21-10(3)14(18-20-21)15(22)17-13-6-9(2)23-19-13/h4-7H,1-3H3,(H,17,19,22). The fourth-order valence-corrected chi connectivity index (χ4v) is 2.27. The molecule has 0 atom stereocenters. The van der Waals surface area contributed by atoms with Crippen molar-refractivity contribution in [3.05, 3.63) is 52.0 Å². The Morgan fingerprint density at radius 2 is 2.04 bits per heavy atom. The van der Waals surface area contributed by atoms with Crippen molar-refractivity contribution in [1.29, 1.82) is 0 Å². The van der Waals surface area contributed by atoms with E-state index in [1.807, 2.05) is 19.1 Å². The molecule has 1 amide bonds. The third kappa shape index (κ3) is 2.95. The Morgan fingerprint density at radius 3 is 2.70 bits per heavy atom. The second kappa shape index (κ2) is 5.85. The van der Waals surface area contributed by atoms with Crippen molar-refractivity contribution in [1.82, 2.24) is 20.2 Å². The minimum atomic E-state index is -0.403. The molecule has 118 valence electrons. The number of amides is 1. The van der Waals surface area contributed by atoms with E-state index in [1.165, 1.54) is 0 Å². The Bertz CT molecular complexity index is 884. The van der Waals surface area contributed by atoms with Gasteiger partial charge < -0.3 is 9.84 Å². The number of nitrogens with one attached hydrogen (secondary N) is 1. The SMILES string of the molecule is Cc1cc(NC(=O)c2nnn(-c3ccc(C)c(Cl)c3)c2C)no1. The van der Waals surface area contributed by atoms with Crippen LogP contribution >= 0.6 is 11.6 Å². The van der Waals surface area contributed by atoms with E-state index in [9.17, 15) is 4.79 Å². The number of aromatic nitrogens is 4. The third-order valence-corrected chi connectivity index (χ3v) is 3.79. The zero-order chi connectivity index (χ0) is 16.6. The molecule has 0 saturated heterocycles. The maximum absolute atomic E-state index is 12.3. The van der Waals surface area contributed by atoms with Crippen LogP contribution < -0.4 is 5.32 Å². The largest absolute Gasteiger partial charge is 0.360 e. The average Bonchev–Trinajstić information content (AvgIpc) is 3.08. The van der Waals surface area contributed by atoms with Gasteiger partial charge in [-0.25, -0.2) is 4.68 Å². The summed E-state index contributed by atoms with van der Waals surface area (Å²) in [6.07, 6.45) is 0. The number of anilines is 1. The Labute approximate surface area is 137 Å². The summed E-state index contributed by atoms with van der Waals surface area (Å²) in [6.45, 7) is 5.42. The van der Waals surface area contributed by atoms with E-state index in [0.717, 1.165) is 11.3 Å². The van der Waals surface area contributed by atoms with E-state index in [0.29, 0.717) is 22.3 Å². The molecule has 0 aliphatic heterocycles. The lowest BCUT2D eigenvalue weighted by Crippen LogP contribution is -2.14. The van der Waals surface area contributed by atoms with Gasteiger partial charge in [-0.3, -0.25) is 4.79 Å². The van der Waals surface area contributed by atoms with Crippen molar-refractivity contribution in [2.75, 3.05) is 5.32 Å². The Kier molecular flexibility index (Phi) is 3.87. The molecule has 0 bridgehead atoms. The highest BCUT2D eigenvalue weighted by molar-refractivity contribution is 6.31. The van der Waals surface area contributed by atoms with Crippen LogP contribution in [0.1, 0.15) is 27.5 Å². The van der Waals surface area contributed by atoms with Crippen LogP contribution in [0.15, 0.2) is 28.8 Å². The van der Waals surface area contributed by atoms with E-state index < -0.39 is 5.91 Å². The van der Waals surface area contributed by atoms with E-state index >= 15 is 0 Å². The van der Waals surface area contributed by atoms with E-state index in [-0.39, 0.29) is 5.69 Å². The van der Waals surface area contributed by atoms with Gasteiger partial charge in [0.1, 0.15) is 5.76 Å². The van der Waals surface area contributed by atoms with Gasteiger partial charge in [-0.15, -0.1) is 5.10 Å². The molecule has 0 aliphatic rings. The molecule has 0 radical (unpaired) electrons. The molecule has 3 aromatic rings. The van der Waals surface area contributed by atoms with Crippen LogP contribution in [0.2, 0.25) is 5.02 Å². The van der Waals surface area contributed by atoms with Gasteiger partial charge in [0, 0.05) is 11.1 Å². The molecule has 7 nitrogen and oxygen atoms in total. The second-order valence-electron chi connectivity index (χ2n) is 5.15. The minimum absolute atomic E-state index is 0.211. The van der Waals surface area contributed by atoms with E-state index in [1.54, 1.807) is 30.7 Å². The zero-order valence-electron chi connectivity index (χ0n) is 12.8. The molecule has 23 heavy (non-hydrogen) atoms. The van der Waals surface area contributed by atoms with Crippen molar-refractivity contribution < 1.29 is 9.32 Å². The summed E-state index contributed by atoms with van der Waals surface area (Å²) in [5.41, 5.74) is 2.51. The van der Waals surface area contributed by atoms with Crippen molar-refractivity contribution in [2.45, 2.75) is 20.8 Å². The summed E-state index contributed by atoms with van der Waals surface area (Å²) in [5.74, 6) is 0.537. The van der Waals surface area contributed by atoms with Gasteiger partial charge in [0.15, 0.2) is 11.5 Å². The van der Waals surface area contributed by atoms with Crippen LogP contribution in [-0.2, 0) is 0 Å². The first-order valence-electron chi connectivity index (χ1n) is 6.89. The lowest BCUT2D eigenvalue weighted by molar-refractivity contribution is 0.102. The predicted molar refractivity (Wildman–Crippen MR) is 85.0 cm³/mol. The number of benzene rings is 1. The fraction of sp³-hybridized carbons (Fsp3) is 0.200. The van der Waals surface area contributed by atoms with Gasteiger partial charge in [-0.05, 0) is 38.5 Å². The molecule has 0 fully saturated rings. The molecular formula is C15H14ClN5O2. The summed E-state index contributed by atoms with van der Waals surface area (Å²) in [4.78, 5) is 12.3. The van der Waals surface area contributed by atoms with Gasteiger partial charge in [-0.1, -0.05) is 28.0 Å². The average molecular weight is 332 g/mol. The second-order valence-corrected chi connectivity index (χ2v) is 5.55. The van der Waals surface area contributed by atoms with Gasteiger partial charge in [0.2, 0.25) is 0 Å². The van der Waals surface area contributed by atoms with Crippen LogP contribution in [0.4, 0.5) is 5.82 Å². The maximum Gasteiger partial charge on any atom is 0.279 e. The summed E-state index contributed by atoms with van der Waals surface area (Å²) < 4.78 is 6.47. The highest BCUT2D eigenvalue weighted by Gasteiger charge is 2.18. The monoisotopic (exact) mass is 331 g/mol. The van der Waals surface area contributed by atoms with E-state index in [4.69, 9.17) is 16.1 Å². The number of hydrogen-bond acceptors (Lipinski definition) is 5. The number of halogens is 1. The van der Waals surface area contributed by atoms with Gasteiger partial charge in [0.05, 0.1) is 11.4 Å². The molecule has 1 aromatic carbocycles. The lowest BCUT2D eigenvalue weighted by Gasteiger charge is -2.05. The molecule has 8 heteroatoms. The maximum atomic E-state index is 12.3. The van der Waals surface area contributed by atoms with Crippen molar-refractivity contribution in [3.8, 4) is 5.69 Å². The van der Waals surface area contributed by atoms with E-state index in [2.05, 4.69) is 20.8 Å². The number of carbonyl (C=O) groups excluding carboxylic acids is 1. The molecule has 2 aromatic heterocycles. The number of nitrogens with zero attached hydrogens (tertiary/aromatic N) is 4. The topological polar surface area (TPSA) is 85.8 Å². The smallest absolute Gasteiger partial charge is 0.279 e. The summed E-state index contributed by atoms with van der Waals surface area (Å²) >= 11 is 6.14. The van der Waals surface area contributed by atoms with Gasteiger partial charge in [-0.2, -0.15) is 0 Å². The Morgan fingerprint density at radius 1 is 1.26 bits per heavy atom. The Balaban J connectivity index is 1.89. The molecule has 0 unspecified atom stereocenters. The molecule has 2 heterocycles. The summed E-state index contributed by atoms with van der Waals surface area (Å²) in [5, 5.41) is 14.9. The zero-order valence-corrected chi connectivity index (χ0v) is 13.5. The van der Waals surface area contributed by atoms with Crippen LogP contribution in [0, 0.1) is 20.8 Å². The normalized spacial score (nSPS) is 10.8. The number of rotatable bonds is 3. The summed E-state index contributed by atoms with van der Waals surface area (Å²) in [6, 6.07) is 7.15. The molecule has 0 aliphatic carbocycles. The Hall–Kier alpha value is -2.67. The van der Waals surface area contributed by atoms with Crippen LogP contribution in [0.5, 0.6) is 0 Å². The molecular weight excluding hydrogens is 318 g/mol. The molecule has 0 saturated carbocycles. The third-order valence-electron chi connectivity index (χ3n) is 3.38. The summed E-state index contributed by atoms with van der Waals surface area (Å²) in [7, 11) is 0. The first kappa shape index (κ1) is 15.2. The number of aryl methyl sites for hydroxylation is 2. The molecule has 3 rings (SSSR count). The number of hydrogen-bond donors (Lipinski definition) is 1. The fourth-order valence-electron chi connectivity index (χ4n) is 2.10. The van der Waals surface area contributed by atoms with Crippen molar-refractivity contribution in [2.24, 2.45) is 0 Å². The molecule has 1 N–H and O–H groups in total. The highest BCUT2D eigenvalue weighted by Crippen LogP contribution is 2.21. The van der Waals surface area contributed by atoms with Crippen molar-refractivity contribution >= 4 is 23.3 Å². The van der Waals surface area contributed by atoms with Gasteiger partial charge >= 0.3 is 0 Å². The predicted octanol–water partition coefficient (Wildman–Crippen LogP) is 3.09. The molecule has 0 spiro atoms. The van der Waals surface area contributed by atoms with Crippen LogP contribution in [0.25, 0.3) is 5.69 Å². The van der Waals surface area contributed by atoms with Crippen LogP contribution in [0.3, 0.4) is 0 Å². The highest BCUT2D eigenvalue weighted by atomic mass is 35.5. The van der Waals surface area contributed by atoms with Crippen LogP contribution in [-0.4, -0.2) is 26.1 Å². The minimum Gasteiger partial charge on any atom is -0.360 e. The number of carbonyl (C=O) groups is 1. The quantitative estimate of drug-likeness (QED) is 0.797. The van der Waals surface area contributed by atoms with Crippen molar-refractivity contribution in [3.63, 3.8) is 0 Å². The first-order valence-corrected chi connectivity index (χ1v) is 7.27.